The molecule has 0 aliphatic heterocycles. The molecule has 130 valence electrons. The second kappa shape index (κ2) is 5.80. The maximum absolute atomic E-state index is 12.6. The van der Waals surface area contributed by atoms with Gasteiger partial charge in [-0.2, -0.15) is 5.10 Å². The first-order valence-electron chi connectivity index (χ1n) is 9.08. The predicted molar refractivity (Wildman–Crippen MR) is 98.2 cm³/mol. The van der Waals surface area contributed by atoms with Crippen molar-refractivity contribution in [1.82, 2.24) is 20.1 Å². The Morgan fingerprint density at radius 2 is 2.15 bits per heavy atom. The van der Waals surface area contributed by atoms with Crippen molar-refractivity contribution < 1.29 is 4.79 Å². The summed E-state index contributed by atoms with van der Waals surface area (Å²) in [5.41, 5.74) is 4.79. The lowest BCUT2D eigenvalue weighted by Gasteiger charge is -2.12. The molecule has 1 aromatic heterocycles. The van der Waals surface area contributed by atoms with Gasteiger partial charge in [0.25, 0.3) is 5.91 Å². The van der Waals surface area contributed by atoms with Crippen LogP contribution in [0.3, 0.4) is 0 Å². The molecule has 26 heavy (non-hydrogen) atoms. The number of carbonyl (C=O) groups is 1. The molecule has 0 radical (unpaired) electrons. The van der Waals surface area contributed by atoms with Gasteiger partial charge in [-0.25, -0.2) is 9.67 Å². The first-order valence-corrected chi connectivity index (χ1v) is 9.08. The minimum absolute atomic E-state index is 0.0275. The quantitative estimate of drug-likeness (QED) is 0.792. The molecule has 2 unspecified atom stereocenters. The number of rotatable bonds is 4. The summed E-state index contributed by atoms with van der Waals surface area (Å²) in [6.45, 7) is 0.737. The van der Waals surface area contributed by atoms with Crippen LogP contribution in [0.15, 0.2) is 61.2 Å². The zero-order valence-electron chi connectivity index (χ0n) is 14.4. The van der Waals surface area contributed by atoms with Crippen molar-refractivity contribution in [3.05, 3.63) is 77.9 Å². The lowest BCUT2D eigenvalue weighted by atomic mass is 9.95. The van der Waals surface area contributed by atoms with E-state index in [0.717, 1.165) is 12.2 Å². The normalized spacial score (nSPS) is 23.0. The van der Waals surface area contributed by atoms with E-state index in [4.69, 9.17) is 0 Å². The largest absolute Gasteiger partial charge is 0.352 e. The second-order valence-electron chi connectivity index (χ2n) is 7.31. The molecule has 2 aliphatic rings. The number of aromatic nitrogens is 3. The van der Waals surface area contributed by atoms with Gasteiger partial charge in [0.15, 0.2) is 0 Å². The van der Waals surface area contributed by atoms with Crippen molar-refractivity contribution in [1.29, 1.82) is 0 Å². The van der Waals surface area contributed by atoms with E-state index in [-0.39, 0.29) is 5.91 Å². The summed E-state index contributed by atoms with van der Waals surface area (Å²) in [5, 5.41) is 7.25. The Morgan fingerprint density at radius 1 is 1.23 bits per heavy atom. The molecule has 2 atom stereocenters. The Morgan fingerprint density at radius 3 is 3.04 bits per heavy atom. The summed E-state index contributed by atoms with van der Waals surface area (Å²) >= 11 is 0. The van der Waals surface area contributed by atoms with Crippen LogP contribution in [0, 0.1) is 5.92 Å². The van der Waals surface area contributed by atoms with Gasteiger partial charge in [-0.15, -0.1) is 0 Å². The van der Waals surface area contributed by atoms with Crippen LogP contribution in [-0.2, 0) is 11.8 Å². The number of hydrogen-bond acceptors (Lipinski definition) is 3. The van der Waals surface area contributed by atoms with Gasteiger partial charge in [-0.05, 0) is 54.5 Å². The summed E-state index contributed by atoms with van der Waals surface area (Å²) in [7, 11) is 0. The third-order valence-electron chi connectivity index (χ3n) is 5.93. The number of nitrogens with zero attached hydrogens (tertiary/aromatic N) is 3. The molecule has 5 heteroatoms. The fourth-order valence-electron chi connectivity index (χ4n) is 4.45. The van der Waals surface area contributed by atoms with Gasteiger partial charge < -0.3 is 5.32 Å². The number of carbonyl (C=O) groups excluding carboxylic acids is 1. The Kier molecular flexibility index (Phi) is 3.42. The fourth-order valence-corrected chi connectivity index (χ4v) is 4.45. The number of benzene rings is 2. The van der Waals surface area contributed by atoms with Crippen molar-refractivity contribution in [2.75, 3.05) is 6.54 Å². The lowest BCUT2D eigenvalue weighted by molar-refractivity contribution is 0.0951. The number of nitrogens with one attached hydrogen (secondary N) is 1. The van der Waals surface area contributed by atoms with Gasteiger partial charge in [-0.1, -0.05) is 30.3 Å². The summed E-state index contributed by atoms with van der Waals surface area (Å²) in [4.78, 5) is 16.5. The number of amides is 1. The van der Waals surface area contributed by atoms with Crippen LogP contribution in [0.1, 0.15) is 34.3 Å². The second-order valence-corrected chi connectivity index (χ2v) is 7.31. The van der Waals surface area contributed by atoms with Crippen LogP contribution in [0.5, 0.6) is 0 Å². The van der Waals surface area contributed by atoms with Crippen LogP contribution < -0.4 is 5.32 Å². The zero-order valence-corrected chi connectivity index (χ0v) is 14.4. The first-order chi connectivity index (χ1) is 12.8. The Bertz CT molecular complexity index is 966. The highest BCUT2D eigenvalue weighted by Crippen LogP contribution is 2.61. The van der Waals surface area contributed by atoms with E-state index in [9.17, 15) is 4.79 Å². The molecule has 5 rings (SSSR count). The van der Waals surface area contributed by atoms with Crippen molar-refractivity contribution in [2.45, 2.75) is 24.7 Å². The number of fused-ring (bicyclic) bond motifs is 2. The molecule has 3 aromatic rings. The van der Waals surface area contributed by atoms with E-state index >= 15 is 0 Å². The standard InChI is InChI=1S/C21H20N4O/c26-20(16-5-3-6-18(10-16)25-14-22-13-24-25)23-12-17-11-21(17)9-8-15-4-1-2-7-19(15)21/h1-7,10,13-14,17H,8-9,11-12H2,(H,23,26). The average molecular weight is 344 g/mol. The van der Waals surface area contributed by atoms with Crippen molar-refractivity contribution in [3.63, 3.8) is 0 Å². The third kappa shape index (κ3) is 2.43. The van der Waals surface area contributed by atoms with Gasteiger partial charge >= 0.3 is 0 Å². The minimum atomic E-state index is -0.0275. The van der Waals surface area contributed by atoms with Crippen molar-refractivity contribution in [3.8, 4) is 5.69 Å². The Balaban J connectivity index is 1.26. The van der Waals surface area contributed by atoms with E-state index in [1.165, 1.54) is 36.7 Å². The highest BCUT2D eigenvalue weighted by Gasteiger charge is 2.57. The molecule has 5 nitrogen and oxygen atoms in total. The summed E-state index contributed by atoms with van der Waals surface area (Å²) in [6.07, 6.45) is 6.68. The molecule has 1 heterocycles. The average Bonchev–Trinajstić information content (AvgIpc) is 3.01. The zero-order chi connectivity index (χ0) is 17.6. The van der Waals surface area contributed by atoms with E-state index < -0.39 is 0 Å². The van der Waals surface area contributed by atoms with Crippen LogP contribution in [0.2, 0.25) is 0 Å². The van der Waals surface area contributed by atoms with E-state index in [1.807, 2.05) is 24.3 Å². The maximum Gasteiger partial charge on any atom is 0.251 e. The molecule has 0 bridgehead atoms. The minimum Gasteiger partial charge on any atom is -0.352 e. The predicted octanol–water partition coefficient (Wildman–Crippen LogP) is 2.90. The van der Waals surface area contributed by atoms with Crippen LogP contribution in [0.25, 0.3) is 5.69 Å². The molecule has 0 saturated heterocycles. The topological polar surface area (TPSA) is 59.8 Å². The summed E-state index contributed by atoms with van der Waals surface area (Å²) in [6, 6.07) is 16.2. The van der Waals surface area contributed by atoms with Crippen LogP contribution >= 0.6 is 0 Å². The van der Waals surface area contributed by atoms with Crippen molar-refractivity contribution >= 4 is 5.91 Å². The van der Waals surface area contributed by atoms with E-state index in [1.54, 1.807) is 11.0 Å². The summed E-state index contributed by atoms with van der Waals surface area (Å²) < 4.78 is 1.65. The van der Waals surface area contributed by atoms with Gasteiger partial charge in [0, 0.05) is 17.5 Å². The molecular weight excluding hydrogens is 324 g/mol. The van der Waals surface area contributed by atoms with Gasteiger partial charge in [-0.3, -0.25) is 4.79 Å². The van der Waals surface area contributed by atoms with Gasteiger partial charge in [0.05, 0.1) is 5.69 Å². The van der Waals surface area contributed by atoms with Crippen LogP contribution in [-0.4, -0.2) is 27.2 Å². The highest BCUT2D eigenvalue weighted by molar-refractivity contribution is 5.94. The van der Waals surface area contributed by atoms with E-state index in [2.05, 4.69) is 39.7 Å². The van der Waals surface area contributed by atoms with Gasteiger partial charge in [0.1, 0.15) is 12.7 Å². The van der Waals surface area contributed by atoms with Gasteiger partial charge in [0.2, 0.25) is 0 Å². The third-order valence-corrected chi connectivity index (χ3v) is 5.93. The van der Waals surface area contributed by atoms with E-state index in [0.29, 0.717) is 16.9 Å². The molecule has 1 saturated carbocycles. The smallest absolute Gasteiger partial charge is 0.251 e. The van der Waals surface area contributed by atoms with Crippen molar-refractivity contribution in [2.24, 2.45) is 5.92 Å². The molecular formula is C21H20N4O. The first kappa shape index (κ1) is 15.3. The molecule has 1 amide bonds. The number of hydrogen-bond donors (Lipinski definition) is 1. The monoisotopic (exact) mass is 344 g/mol. The lowest BCUT2D eigenvalue weighted by Crippen LogP contribution is -2.27. The molecule has 1 N–H and O–H groups in total. The fraction of sp³-hybridized carbons (Fsp3) is 0.286. The Hall–Kier alpha value is -2.95. The molecule has 2 aliphatic carbocycles. The van der Waals surface area contributed by atoms with Crippen LogP contribution in [0.4, 0.5) is 0 Å². The Labute approximate surface area is 152 Å². The molecule has 1 fully saturated rings. The number of aryl methyl sites for hydroxylation is 1. The summed E-state index contributed by atoms with van der Waals surface area (Å²) in [5.74, 6) is 0.522. The maximum atomic E-state index is 12.6. The highest BCUT2D eigenvalue weighted by atomic mass is 16.1. The molecule has 1 spiro atoms. The molecule has 2 aromatic carbocycles. The SMILES string of the molecule is O=C(NCC1CC12CCc1ccccc12)c1cccc(-n2cncn2)c1.